The molecule has 0 radical (unpaired) electrons. The molecule has 0 atom stereocenters. The zero-order valence-corrected chi connectivity index (χ0v) is 22.7. The Morgan fingerprint density at radius 3 is 2.15 bits per heavy atom. The number of aryl methyl sites for hydroxylation is 3. The van der Waals surface area contributed by atoms with E-state index in [1.807, 2.05) is 42.1 Å². The maximum Gasteiger partial charge on any atom is 0.268 e. The van der Waals surface area contributed by atoms with Crippen molar-refractivity contribution in [1.29, 1.82) is 0 Å². The quantitative estimate of drug-likeness (QED) is 0.257. The molecule has 7 nitrogen and oxygen atoms in total. The zero-order chi connectivity index (χ0) is 27.1. The molecule has 0 aliphatic carbocycles. The van der Waals surface area contributed by atoms with Gasteiger partial charge in [0.25, 0.3) is 10.0 Å². The molecule has 0 unspecified atom stereocenters. The first kappa shape index (κ1) is 24.8. The summed E-state index contributed by atoms with van der Waals surface area (Å²) in [6.45, 7) is 6.57. The van der Waals surface area contributed by atoms with Crippen molar-refractivity contribution in [3.63, 3.8) is 0 Å². The topological polar surface area (TPSA) is 82.7 Å². The van der Waals surface area contributed by atoms with Crippen LogP contribution in [-0.4, -0.2) is 31.9 Å². The van der Waals surface area contributed by atoms with Crippen LogP contribution in [0.5, 0.6) is 0 Å². The van der Waals surface area contributed by atoms with Crippen molar-refractivity contribution in [3.8, 4) is 33.9 Å². The van der Waals surface area contributed by atoms with Gasteiger partial charge in [-0.2, -0.15) is 0 Å². The number of hydrogen-bond acceptors (Lipinski definition) is 5. The van der Waals surface area contributed by atoms with Gasteiger partial charge >= 0.3 is 0 Å². The SMILES string of the molecule is Cc1ccc(S(=O)(=O)n2cnc(Cn3ccc4nc(-c5ccc(-c6ccc(C)c(C)c6)cc5)nc-4c3)c2)cc1. The Kier molecular flexibility index (Phi) is 6.12. The Morgan fingerprint density at radius 1 is 0.718 bits per heavy atom. The minimum atomic E-state index is -3.69. The number of pyridine rings is 1. The summed E-state index contributed by atoms with van der Waals surface area (Å²) in [6, 6.07) is 23.5. The van der Waals surface area contributed by atoms with Gasteiger partial charge in [0.15, 0.2) is 5.82 Å². The van der Waals surface area contributed by atoms with Crippen LogP contribution in [0, 0.1) is 20.8 Å². The second-order valence-electron chi connectivity index (χ2n) is 9.82. The van der Waals surface area contributed by atoms with Crippen LogP contribution in [0.4, 0.5) is 0 Å². The van der Waals surface area contributed by atoms with Crippen molar-refractivity contribution in [2.45, 2.75) is 32.2 Å². The maximum atomic E-state index is 13.0. The van der Waals surface area contributed by atoms with E-state index in [0.29, 0.717) is 18.1 Å². The molecule has 0 saturated carbocycles. The minimum absolute atomic E-state index is 0.229. The summed E-state index contributed by atoms with van der Waals surface area (Å²) in [4.78, 5) is 14.0. The van der Waals surface area contributed by atoms with E-state index < -0.39 is 10.0 Å². The second-order valence-corrected chi connectivity index (χ2v) is 11.7. The van der Waals surface area contributed by atoms with E-state index in [2.05, 4.69) is 49.2 Å². The molecule has 0 spiro atoms. The molecule has 0 saturated heterocycles. The van der Waals surface area contributed by atoms with E-state index in [-0.39, 0.29) is 4.90 Å². The average Bonchev–Trinajstić information content (AvgIpc) is 3.58. The van der Waals surface area contributed by atoms with Gasteiger partial charge in [-0.1, -0.05) is 60.2 Å². The van der Waals surface area contributed by atoms with Crippen molar-refractivity contribution in [1.82, 2.24) is 23.5 Å². The molecular weight excluding hydrogens is 506 g/mol. The summed E-state index contributed by atoms with van der Waals surface area (Å²) in [6.07, 6.45) is 6.69. The fraction of sp³-hybridized carbons (Fsp3) is 0.129. The predicted molar refractivity (Wildman–Crippen MR) is 152 cm³/mol. The molecule has 6 rings (SSSR count). The third-order valence-corrected chi connectivity index (χ3v) is 8.59. The first-order valence-corrected chi connectivity index (χ1v) is 14.1. The van der Waals surface area contributed by atoms with Gasteiger partial charge in [0.2, 0.25) is 0 Å². The largest absolute Gasteiger partial charge is 0.346 e. The van der Waals surface area contributed by atoms with E-state index in [4.69, 9.17) is 9.97 Å². The highest BCUT2D eigenvalue weighted by Crippen LogP contribution is 2.28. The summed E-state index contributed by atoms with van der Waals surface area (Å²) in [5.41, 5.74) is 9.03. The number of benzene rings is 3. The molecule has 2 aliphatic rings. The van der Waals surface area contributed by atoms with Crippen LogP contribution in [-0.2, 0) is 16.6 Å². The van der Waals surface area contributed by atoms with Gasteiger partial charge in [-0.05, 0) is 61.2 Å². The highest BCUT2D eigenvalue weighted by atomic mass is 32.2. The average molecular weight is 534 g/mol. The van der Waals surface area contributed by atoms with Crippen molar-refractivity contribution in [3.05, 3.63) is 120 Å². The van der Waals surface area contributed by atoms with Gasteiger partial charge in [-0.15, -0.1) is 0 Å². The molecule has 0 amide bonds. The van der Waals surface area contributed by atoms with E-state index in [1.54, 1.807) is 30.5 Å². The summed E-state index contributed by atoms with van der Waals surface area (Å²) in [7, 11) is -3.69. The van der Waals surface area contributed by atoms with Gasteiger partial charge in [0.05, 0.1) is 22.8 Å². The molecule has 39 heavy (non-hydrogen) atoms. The predicted octanol–water partition coefficient (Wildman–Crippen LogP) is 6.12. The summed E-state index contributed by atoms with van der Waals surface area (Å²) in [5, 5.41) is 0. The zero-order valence-electron chi connectivity index (χ0n) is 21.9. The number of fused-ring (bicyclic) bond motifs is 1. The monoisotopic (exact) mass is 533 g/mol. The van der Waals surface area contributed by atoms with Crippen LogP contribution in [0.1, 0.15) is 22.4 Å². The fourth-order valence-electron chi connectivity index (χ4n) is 4.49. The lowest BCUT2D eigenvalue weighted by Crippen LogP contribution is -2.11. The first-order valence-electron chi connectivity index (χ1n) is 12.6. The molecule has 3 heterocycles. The van der Waals surface area contributed by atoms with Gasteiger partial charge in [-0.25, -0.2) is 27.3 Å². The van der Waals surface area contributed by atoms with Crippen LogP contribution in [0.2, 0.25) is 0 Å². The molecule has 194 valence electrons. The lowest BCUT2D eigenvalue weighted by Gasteiger charge is -2.06. The summed E-state index contributed by atoms with van der Waals surface area (Å²) in [5.74, 6) is 0.669. The Bertz CT molecular complexity index is 1870. The van der Waals surface area contributed by atoms with E-state index >= 15 is 0 Å². The van der Waals surface area contributed by atoms with Crippen LogP contribution < -0.4 is 0 Å². The van der Waals surface area contributed by atoms with Crippen molar-refractivity contribution in [2.24, 2.45) is 0 Å². The fourth-order valence-corrected chi connectivity index (χ4v) is 5.64. The Balaban J connectivity index is 1.21. The molecule has 0 bridgehead atoms. The third kappa shape index (κ3) is 4.86. The van der Waals surface area contributed by atoms with E-state index in [0.717, 1.165) is 32.1 Å². The van der Waals surface area contributed by atoms with Crippen molar-refractivity contribution < 1.29 is 8.42 Å². The van der Waals surface area contributed by atoms with Gasteiger partial charge in [0.1, 0.15) is 12.0 Å². The van der Waals surface area contributed by atoms with Crippen LogP contribution in [0.15, 0.2) is 103 Å². The normalized spacial score (nSPS) is 11.8. The molecule has 1 aromatic heterocycles. The second kappa shape index (κ2) is 9.63. The molecule has 3 aromatic carbocycles. The Morgan fingerprint density at radius 2 is 1.41 bits per heavy atom. The number of rotatable bonds is 6. The van der Waals surface area contributed by atoms with Gasteiger partial charge in [-0.3, -0.25) is 0 Å². The highest BCUT2D eigenvalue weighted by Gasteiger charge is 2.18. The number of hydrogen-bond donors (Lipinski definition) is 0. The lowest BCUT2D eigenvalue weighted by molar-refractivity contribution is 0.587. The summed E-state index contributed by atoms with van der Waals surface area (Å²) < 4.78 is 29.0. The molecule has 0 N–H and O–H groups in total. The van der Waals surface area contributed by atoms with E-state index in [9.17, 15) is 8.42 Å². The Labute approximate surface area is 227 Å². The molecule has 2 aliphatic heterocycles. The molecule has 8 heteroatoms. The molecular formula is C31H27N5O2S. The van der Waals surface area contributed by atoms with Gasteiger partial charge < -0.3 is 4.57 Å². The first-order chi connectivity index (χ1) is 18.8. The van der Waals surface area contributed by atoms with Crippen molar-refractivity contribution >= 4 is 10.0 Å². The Hall–Kier alpha value is -4.56. The number of nitrogens with zero attached hydrogens (tertiary/aromatic N) is 5. The smallest absolute Gasteiger partial charge is 0.268 e. The number of imidazole rings is 2. The van der Waals surface area contributed by atoms with Crippen LogP contribution in [0.3, 0.4) is 0 Å². The molecule has 4 aromatic rings. The minimum Gasteiger partial charge on any atom is -0.346 e. The maximum absolute atomic E-state index is 13.0. The molecule has 0 fully saturated rings. The van der Waals surface area contributed by atoms with Gasteiger partial charge in [0, 0.05) is 24.2 Å². The summed E-state index contributed by atoms with van der Waals surface area (Å²) >= 11 is 0. The van der Waals surface area contributed by atoms with Crippen molar-refractivity contribution in [2.75, 3.05) is 0 Å². The highest BCUT2D eigenvalue weighted by molar-refractivity contribution is 7.90. The lowest BCUT2D eigenvalue weighted by atomic mass is 9.99. The third-order valence-electron chi connectivity index (χ3n) is 6.97. The van der Waals surface area contributed by atoms with E-state index in [1.165, 1.54) is 23.0 Å². The number of aromatic nitrogens is 5. The standard InChI is InChI=1S/C31H27N5O2S/c1-21-4-12-28(13-5-21)39(37,38)36-18-27(32-20-36)17-35-15-14-29-30(19-35)34-31(33-29)25-10-8-24(9-11-25)26-7-6-22(2)23(3)16-26/h4-16,18-20H,17H2,1-3H3. The van der Waals surface area contributed by atoms with Crippen LogP contribution >= 0.6 is 0 Å². The van der Waals surface area contributed by atoms with Crippen LogP contribution in [0.25, 0.3) is 33.9 Å².